The zero-order valence-electron chi connectivity index (χ0n) is 11.4. The molecule has 0 heterocycles. The second-order valence-corrected chi connectivity index (χ2v) is 5.22. The van der Waals surface area contributed by atoms with E-state index in [0.29, 0.717) is 12.5 Å². The van der Waals surface area contributed by atoms with Crippen LogP contribution in [-0.2, 0) is 11.3 Å². The fourth-order valence-electron chi connectivity index (χ4n) is 2.03. The lowest BCUT2D eigenvalue weighted by molar-refractivity contribution is -0.142. The van der Waals surface area contributed by atoms with E-state index in [9.17, 15) is 4.79 Å². The molecule has 3 nitrogen and oxygen atoms in total. The van der Waals surface area contributed by atoms with Crippen LogP contribution >= 0.6 is 0 Å². The summed E-state index contributed by atoms with van der Waals surface area (Å²) in [6.45, 7) is 7.44. The molecule has 0 spiro atoms. The maximum Gasteiger partial charge on any atom is 0.307 e. The van der Waals surface area contributed by atoms with Gasteiger partial charge in [-0.15, -0.1) is 0 Å². The molecule has 1 unspecified atom stereocenters. The third-order valence-electron chi connectivity index (χ3n) is 3.07. The van der Waals surface area contributed by atoms with Gasteiger partial charge in [0.25, 0.3) is 0 Å². The fraction of sp³-hybridized carbons (Fsp3) is 0.533. The van der Waals surface area contributed by atoms with Crippen molar-refractivity contribution >= 4 is 5.97 Å². The summed E-state index contributed by atoms with van der Waals surface area (Å²) in [5.41, 5.74) is 2.46. The standard InChI is InChI=1S/C15H23NO2/c1-11(2)8-14(15(17)18)10-16-9-13-7-5-4-6-12(13)3/h4-7,11,14,16H,8-10H2,1-3H3,(H,17,18). The number of aliphatic carboxylic acids is 1. The largest absolute Gasteiger partial charge is 0.481 e. The molecular weight excluding hydrogens is 226 g/mol. The predicted molar refractivity (Wildman–Crippen MR) is 73.5 cm³/mol. The van der Waals surface area contributed by atoms with Crippen LogP contribution in [0.25, 0.3) is 0 Å². The fourth-order valence-corrected chi connectivity index (χ4v) is 2.03. The number of hydrogen-bond acceptors (Lipinski definition) is 2. The van der Waals surface area contributed by atoms with E-state index in [0.717, 1.165) is 13.0 Å². The first kappa shape index (κ1) is 14.7. The maximum atomic E-state index is 11.1. The summed E-state index contributed by atoms with van der Waals surface area (Å²) in [7, 11) is 0. The van der Waals surface area contributed by atoms with Crippen molar-refractivity contribution in [2.75, 3.05) is 6.54 Å². The Hall–Kier alpha value is -1.35. The van der Waals surface area contributed by atoms with Gasteiger partial charge in [-0.3, -0.25) is 4.79 Å². The van der Waals surface area contributed by atoms with Crippen molar-refractivity contribution in [3.05, 3.63) is 35.4 Å². The molecule has 1 rings (SSSR count). The van der Waals surface area contributed by atoms with Crippen molar-refractivity contribution < 1.29 is 9.90 Å². The minimum absolute atomic E-state index is 0.297. The SMILES string of the molecule is Cc1ccccc1CNCC(CC(C)C)C(=O)O. The number of nitrogens with one attached hydrogen (secondary N) is 1. The molecule has 18 heavy (non-hydrogen) atoms. The highest BCUT2D eigenvalue weighted by molar-refractivity contribution is 5.70. The second kappa shape index (κ2) is 7.17. The Balaban J connectivity index is 2.44. The van der Waals surface area contributed by atoms with Crippen LogP contribution in [0.2, 0.25) is 0 Å². The minimum Gasteiger partial charge on any atom is -0.481 e. The first-order valence-corrected chi connectivity index (χ1v) is 6.48. The Kier molecular flexibility index (Phi) is 5.86. The Bertz CT molecular complexity index is 388. The number of hydrogen-bond donors (Lipinski definition) is 2. The lowest BCUT2D eigenvalue weighted by Gasteiger charge is -2.16. The highest BCUT2D eigenvalue weighted by atomic mass is 16.4. The molecule has 0 radical (unpaired) electrons. The highest BCUT2D eigenvalue weighted by Gasteiger charge is 2.18. The molecule has 0 saturated heterocycles. The number of carboxylic acids is 1. The lowest BCUT2D eigenvalue weighted by atomic mass is 9.97. The molecule has 3 heteroatoms. The molecule has 0 amide bonds. The normalized spacial score (nSPS) is 12.7. The zero-order chi connectivity index (χ0) is 13.5. The minimum atomic E-state index is -0.707. The lowest BCUT2D eigenvalue weighted by Crippen LogP contribution is -2.29. The maximum absolute atomic E-state index is 11.1. The van der Waals surface area contributed by atoms with Crippen LogP contribution in [0.15, 0.2) is 24.3 Å². The second-order valence-electron chi connectivity index (χ2n) is 5.22. The smallest absolute Gasteiger partial charge is 0.307 e. The van der Waals surface area contributed by atoms with Gasteiger partial charge < -0.3 is 10.4 Å². The molecular formula is C15H23NO2. The van der Waals surface area contributed by atoms with Crippen LogP contribution in [0.5, 0.6) is 0 Å². The molecule has 2 N–H and O–H groups in total. The van der Waals surface area contributed by atoms with E-state index in [1.165, 1.54) is 11.1 Å². The highest BCUT2D eigenvalue weighted by Crippen LogP contribution is 2.12. The Labute approximate surface area is 109 Å². The third kappa shape index (κ3) is 4.88. The van der Waals surface area contributed by atoms with Crippen LogP contribution in [0.1, 0.15) is 31.4 Å². The van der Waals surface area contributed by atoms with Crippen molar-refractivity contribution in [1.82, 2.24) is 5.32 Å². The van der Waals surface area contributed by atoms with E-state index in [4.69, 9.17) is 5.11 Å². The van der Waals surface area contributed by atoms with Crippen LogP contribution in [0.3, 0.4) is 0 Å². The topological polar surface area (TPSA) is 49.3 Å². The van der Waals surface area contributed by atoms with Gasteiger partial charge in [-0.2, -0.15) is 0 Å². The molecule has 0 fully saturated rings. The van der Waals surface area contributed by atoms with Crippen molar-refractivity contribution in [1.29, 1.82) is 0 Å². The van der Waals surface area contributed by atoms with Gasteiger partial charge >= 0.3 is 5.97 Å². The number of benzene rings is 1. The van der Waals surface area contributed by atoms with E-state index in [2.05, 4.69) is 38.2 Å². The number of aryl methyl sites for hydroxylation is 1. The molecule has 0 bridgehead atoms. The van der Waals surface area contributed by atoms with Crippen molar-refractivity contribution in [2.24, 2.45) is 11.8 Å². The van der Waals surface area contributed by atoms with Crippen molar-refractivity contribution in [3.8, 4) is 0 Å². The molecule has 0 aromatic heterocycles. The summed E-state index contributed by atoms with van der Waals surface area (Å²) in [4.78, 5) is 11.1. The number of rotatable bonds is 7. The van der Waals surface area contributed by atoms with Gasteiger partial charge in [0.15, 0.2) is 0 Å². The molecule has 0 aliphatic carbocycles. The summed E-state index contributed by atoms with van der Waals surface area (Å²) in [6.07, 6.45) is 0.718. The Morgan fingerprint density at radius 2 is 2.00 bits per heavy atom. The van der Waals surface area contributed by atoms with E-state index >= 15 is 0 Å². The van der Waals surface area contributed by atoms with Gasteiger partial charge in [0.1, 0.15) is 0 Å². The molecule has 1 atom stereocenters. The average molecular weight is 249 g/mol. The number of carbonyl (C=O) groups is 1. The van der Waals surface area contributed by atoms with Crippen LogP contribution < -0.4 is 5.32 Å². The van der Waals surface area contributed by atoms with Crippen LogP contribution in [0, 0.1) is 18.8 Å². The van der Waals surface area contributed by atoms with Crippen molar-refractivity contribution in [3.63, 3.8) is 0 Å². The van der Waals surface area contributed by atoms with Gasteiger partial charge in [0.2, 0.25) is 0 Å². The molecule has 1 aromatic rings. The monoisotopic (exact) mass is 249 g/mol. The van der Waals surface area contributed by atoms with E-state index in [-0.39, 0.29) is 5.92 Å². The van der Waals surface area contributed by atoms with Gasteiger partial charge in [0, 0.05) is 13.1 Å². The van der Waals surface area contributed by atoms with Crippen molar-refractivity contribution in [2.45, 2.75) is 33.7 Å². The van der Waals surface area contributed by atoms with Gasteiger partial charge in [-0.1, -0.05) is 38.1 Å². The molecule has 1 aromatic carbocycles. The molecule has 100 valence electrons. The van der Waals surface area contributed by atoms with E-state index in [1.807, 2.05) is 12.1 Å². The van der Waals surface area contributed by atoms with E-state index < -0.39 is 5.97 Å². The summed E-state index contributed by atoms with van der Waals surface area (Å²) < 4.78 is 0. The van der Waals surface area contributed by atoms with E-state index in [1.54, 1.807) is 0 Å². The Morgan fingerprint density at radius 1 is 1.33 bits per heavy atom. The summed E-state index contributed by atoms with van der Waals surface area (Å²) in [6, 6.07) is 8.16. The summed E-state index contributed by atoms with van der Waals surface area (Å²) in [5.74, 6) is -0.596. The molecule has 0 saturated carbocycles. The third-order valence-corrected chi connectivity index (χ3v) is 3.07. The quantitative estimate of drug-likeness (QED) is 0.781. The molecule has 0 aliphatic rings. The zero-order valence-corrected chi connectivity index (χ0v) is 11.4. The van der Waals surface area contributed by atoms with Gasteiger partial charge in [-0.25, -0.2) is 0 Å². The van der Waals surface area contributed by atoms with Gasteiger partial charge in [-0.05, 0) is 30.4 Å². The number of carboxylic acid groups (broad SMARTS) is 1. The molecule has 0 aliphatic heterocycles. The summed E-state index contributed by atoms with van der Waals surface area (Å²) >= 11 is 0. The summed E-state index contributed by atoms with van der Waals surface area (Å²) in [5, 5.41) is 12.4. The first-order chi connectivity index (χ1) is 8.50. The first-order valence-electron chi connectivity index (χ1n) is 6.48. The predicted octanol–water partition coefficient (Wildman–Crippen LogP) is 2.83. The Morgan fingerprint density at radius 3 is 2.56 bits per heavy atom. The van der Waals surface area contributed by atoms with Gasteiger partial charge in [0.05, 0.1) is 5.92 Å². The average Bonchev–Trinajstić information content (AvgIpc) is 2.29. The van der Waals surface area contributed by atoms with Crippen LogP contribution in [0.4, 0.5) is 0 Å². The van der Waals surface area contributed by atoms with Crippen LogP contribution in [-0.4, -0.2) is 17.6 Å².